The van der Waals surface area contributed by atoms with E-state index in [2.05, 4.69) is 4.74 Å². The van der Waals surface area contributed by atoms with Crippen LogP contribution >= 0.6 is 34.8 Å². The molecule has 0 aliphatic carbocycles. The van der Waals surface area contributed by atoms with E-state index in [1.54, 1.807) is 0 Å². The Morgan fingerprint density at radius 2 is 1.71 bits per heavy atom. The molecule has 0 saturated carbocycles. The quantitative estimate of drug-likeness (QED) is 0.412. The molecule has 0 rings (SSSR count). The van der Waals surface area contributed by atoms with Gasteiger partial charge < -0.3 is 4.74 Å². The molecule has 0 aromatic heterocycles. The normalized spacial score (nSPS) is 11.4. The molecule has 0 atom stereocenters. The van der Waals surface area contributed by atoms with Crippen LogP contribution in [0.15, 0.2) is 0 Å². The monoisotopic (exact) mass is 260 g/mol. The zero-order valence-electron chi connectivity index (χ0n) is 8.19. The third kappa shape index (κ3) is 10.4. The second-order valence-corrected chi connectivity index (χ2v) is 5.62. The topological polar surface area (TPSA) is 26.3 Å². The first kappa shape index (κ1) is 14.3. The summed E-state index contributed by atoms with van der Waals surface area (Å²) >= 11 is 16.7. The SMILES string of the molecule is COC(=O)CCCCCCC(Cl)(Cl)Cl. The summed E-state index contributed by atoms with van der Waals surface area (Å²) in [7, 11) is 1.39. The zero-order valence-corrected chi connectivity index (χ0v) is 10.5. The maximum atomic E-state index is 10.7. The predicted molar refractivity (Wildman–Crippen MR) is 60.0 cm³/mol. The van der Waals surface area contributed by atoms with Crippen molar-refractivity contribution in [3.63, 3.8) is 0 Å². The van der Waals surface area contributed by atoms with Crippen LogP contribution in [0.5, 0.6) is 0 Å². The number of hydrogen-bond donors (Lipinski definition) is 0. The van der Waals surface area contributed by atoms with Crippen molar-refractivity contribution in [3.8, 4) is 0 Å². The van der Waals surface area contributed by atoms with Crippen molar-refractivity contribution < 1.29 is 9.53 Å². The number of hydrogen-bond acceptors (Lipinski definition) is 2. The lowest BCUT2D eigenvalue weighted by atomic mass is 10.1. The molecule has 0 aromatic rings. The van der Waals surface area contributed by atoms with Gasteiger partial charge in [0.1, 0.15) is 0 Å². The van der Waals surface area contributed by atoms with Gasteiger partial charge in [-0.2, -0.15) is 0 Å². The summed E-state index contributed by atoms with van der Waals surface area (Å²) in [5, 5.41) is 0. The third-order valence-corrected chi connectivity index (χ3v) is 2.39. The average molecular weight is 262 g/mol. The smallest absolute Gasteiger partial charge is 0.305 e. The minimum atomic E-state index is -1.14. The van der Waals surface area contributed by atoms with Gasteiger partial charge in [0, 0.05) is 6.42 Å². The fourth-order valence-electron chi connectivity index (χ4n) is 1.05. The number of carbonyl (C=O) groups excluding carboxylic acids is 1. The van der Waals surface area contributed by atoms with Gasteiger partial charge in [0.05, 0.1) is 7.11 Å². The van der Waals surface area contributed by atoms with E-state index in [0.717, 1.165) is 25.7 Å². The van der Waals surface area contributed by atoms with E-state index in [4.69, 9.17) is 34.8 Å². The number of rotatable bonds is 6. The first-order valence-corrected chi connectivity index (χ1v) is 5.72. The van der Waals surface area contributed by atoms with Gasteiger partial charge in [0.25, 0.3) is 0 Å². The number of carbonyl (C=O) groups is 1. The second-order valence-electron chi connectivity index (χ2n) is 3.11. The van der Waals surface area contributed by atoms with Gasteiger partial charge in [-0.25, -0.2) is 0 Å². The molecule has 0 unspecified atom stereocenters. The van der Waals surface area contributed by atoms with Crippen molar-refractivity contribution in [2.24, 2.45) is 0 Å². The minimum absolute atomic E-state index is 0.161. The summed E-state index contributed by atoms with van der Waals surface area (Å²) < 4.78 is 3.37. The summed E-state index contributed by atoms with van der Waals surface area (Å²) in [6.07, 6.45) is 4.70. The molecule has 0 saturated heterocycles. The molecule has 0 aromatic carbocycles. The largest absolute Gasteiger partial charge is 0.469 e. The summed E-state index contributed by atoms with van der Waals surface area (Å²) in [5.41, 5.74) is 0. The molecule has 0 fully saturated rings. The van der Waals surface area contributed by atoms with E-state index in [-0.39, 0.29) is 5.97 Å². The van der Waals surface area contributed by atoms with Crippen molar-refractivity contribution in [3.05, 3.63) is 0 Å². The van der Waals surface area contributed by atoms with E-state index in [9.17, 15) is 4.79 Å². The fraction of sp³-hybridized carbons (Fsp3) is 0.889. The molecule has 5 heteroatoms. The Morgan fingerprint density at radius 1 is 1.14 bits per heavy atom. The van der Waals surface area contributed by atoms with Gasteiger partial charge in [-0.1, -0.05) is 47.6 Å². The van der Waals surface area contributed by atoms with Gasteiger partial charge in [0.2, 0.25) is 0 Å². The first-order chi connectivity index (χ1) is 6.45. The maximum Gasteiger partial charge on any atom is 0.305 e. The molecule has 0 amide bonds. The number of halogens is 3. The van der Waals surface area contributed by atoms with E-state index in [0.29, 0.717) is 12.8 Å². The summed E-state index contributed by atoms with van der Waals surface area (Å²) in [5.74, 6) is -0.161. The van der Waals surface area contributed by atoms with Gasteiger partial charge in [0.15, 0.2) is 3.79 Å². The lowest BCUT2D eigenvalue weighted by Gasteiger charge is -2.09. The van der Waals surface area contributed by atoms with Crippen molar-refractivity contribution >= 4 is 40.8 Å². The zero-order chi connectivity index (χ0) is 11.0. The standard InChI is InChI=1S/C9H15Cl3O2/c1-14-8(13)6-4-2-3-5-7-9(10,11)12/h2-7H2,1H3. The summed E-state index contributed by atoms with van der Waals surface area (Å²) in [4.78, 5) is 10.7. The van der Waals surface area contributed by atoms with Crippen LogP contribution in [0.3, 0.4) is 0 Å². The number of methoxy groups -OCH3 is 1. The summed E-state index contributed by atoms with van der Waals surface area (Å²) in [6, 6.07) is 0. The van der Waals surface area contributed by atoms with E-state index < -0.39 is 3.79 Å². The Hall–Kier alpha value is 0.340. The molecular weight excluding hydrogens is 246 g/mol. The van der Waals surface area contributed by atoms with Crippen LogP contribution in [0, 0.1) is 0 Å². The summed E-state index contributed by atoms with van der Waals surface area (Å²) in [6.45, 7) is 0. The van der Waals surface area contributed by atoms with Gasteiger partial charge in [-0.15, -0.1) is 0 Å². The molecule has 0 aliphatic heterocycles. The molecular formula is C9H15Cl3O2. The predicted octanol–water partition coefficient (Wildman–Crippen LogP) is 3.87. The van der Waals surface area contributed by atoms with Crippen LogP contribution in [0.25, 0.3) is 0 Å². The van der Waals surface area contributed by atoms with Crippen LogP contribution in [0.1, 0.15) is 38.5 Å². The van der Waals surface area contributed by atoms with Gasteiger partial charge >= 0.3 is 5.97 Å². The van der Waals surface area contributed by atoms with Crippen LogP contribution in [-0.2, 0) is 9.53 Å². The molecule has 0 heterocycles. The Kier molecular flexibility index (Phi) is 7.79. The van der Waals surface area contributed by atoms with Crippen molar-refractivity contribution in [2.75, 3.05) is 7.11 Å². The lowest BCUT2D eigenvalue weighted by Crippen LogP contribution is -2.01. The molecule has 84 valence electrons. The Balaban J connectivity index is 3.18. The minimum Gasteiger partial charge on any atom is -0.469 e. The maximum absolute atomic E-state index is 10.7. The highest BCUT2D eigenvalue weighted by Crippen LogP contribution is 2.32. The van der Waals surface area contributed by atoms with E-state index >= 15 is 0 Å². The average Bonchev–Trinajstić information content (AvgIpc) is 2.08. The highest BCUT2D eigenvalue weighted by Gasteiger charge is 2.17. The van der Waals surface area contributed by atoms with Crippen molar-refractivity contribution in [2.45, 2.75) is 42.3 Å². The second kappa shape index (κ2) is 7.61. The number of ether oxygens (including phenoxy) is 1. The van der Waals surface area contributed by atoms with Crippen LogP contribution in [0.4, 0.5) is 0 Å². The number of esters is 1. The highest BCUT2D eigenvalue weighted by atomic mass is 35.6. The van der Waals surface area contributed by atoms with Crippen LogP contribution < -0.4 is 0 Å². The molecule has 0 aliphatic rings. The van der Waals surface area contributed by atoms with Crippen LogP contribution in [0.2, 0.25) is 0 Å². The molecule has 0 radical (unpaired) electrons. The van der Waals surface area contributed by atoms with E-state index in [1.165, 1.54) is 7.11 Å². The fourth-order valence-corrected chi connectivity index (χ4v) is 1.45. The first-order valence-electron chi connectivity index (χ1n) is 4.59. The van der Waals surface area contributed by atoms with Gasteiger partial charge in [-0.05, 0) is 19.3 Å². The Labute approximate surface area is 99.8 Å². The third-order valence-electron chi connectivity index (χ3n) is 1.82. The van der Waals surface area contributed by atoms with Crippen molar-refractivity contribution in [1.29, 1.82) is 0 Å². The van der Waals surface area contributed by atoms with E-state index in [1.807, 2.05) is 0 Å². The number of unbranched alkanes of at least 4 members (excludes halogenated alkanes) is 3. The molecule has 0 N–H and O–H groups in total. The lowest BCUT2D eigenvalue weighted by molar-refractivity contribution is -0.140. The molecule has 0 bridgehead atoms. The highest BCUT2D eigenvalue weighted by molar-refractivity contribution is 6.67. The Morgan fingerprint density at radius 3 is 2.21 bits per heavy atom. The van der Waals surface area contributed by atoms with Crippen molar-refractivity contribution in [1.82, 2.24) is 0 Å². The molecule has 14 heavy (non-hydrogen) atoms. The Bertz CT molecular complexity index is 166. The van der Waals surface area contributed by atoms with Gasteiger partial charge in [-0.3, -0.25) is 4.79 Å². The molecule has 0 spiro atoms. The van der Waals surface area contributed by atoms with Crippen LogP contribution in [-0.4, -0.2) is 16.9 Å². The number of alkyl halides is 3. The molecule has 2 nitrogen and oxygen atoms in total.